The normalized spacial score (nSPS) is 26.6. The second-order valence-corrected chi connectivity index (χ2v) is 5.52. The molecule has 1 aliphatic rings. The van der Waals surface area contributed by atoms with Gasteiger partial charge in [0.25, 0.3) is 0 Å². The van der Waals surface area contributed by atoms with Crippen LogP contribution in [-0.2, 0) is 11.2 Å². The summed E-state index contributed by atoms with van der Waals surface area (Å²) < 4.78 is 26.6. The molecule has 104 valence electrons. The molecule has 2 rings (SSSR count). The van der Waals surface area contributed by atoms with Gasteiger partial charge < -0.3 is 5.11 Å². The van der Waals surface area contributed by atoms with E-state index in [1.807, 2.05) is 6.92 Å². The highest BCUT2D eigenvalue weighted by molar-refractivity contribution is 5.75. The number of benzene rings is 1. The van der Waals surface area contributed by atoms with Gasteiger partial charge in [0.15, 0.2) is 0 Å². The van der Waals surface area contributed by atoms with E-state index in [4.69, 9.17) is 0 Å². The molecule has 19 heavy (non-hydrogen) atoms. The molecule has 1 aromatic rings. The van der Waals surface area contributed by atoms with E-state index in [0.717, 1.165) is 18.9 Å². The van der Waals surface area contributed by atoms with Crippen molar-refractivity contribution in [2.45, 2.75) is 39.0 Å². The molecule has 1 aliphatic carbocycles. The SMILES string of the molecule is CCC1CCC(Cc2ccc(F)cc2F)(C(=O)O)C1. The lowest BCUT2D eigenvalue weighted by Crippen LogP contribution is -2.31. The van der Waals surface area contributed by atoms with Crippen LogP contribution in [0.4, 0.5) is 8.78 Å². The van der Waals surface area contributed by atoms with Gasteiger partial charge in [0.05, 0.1) is 5.41 Å². The fourth-order valence-electron chi connectivity index (χ4n) is 3.05. The second-order valence-electron chi connectivity index (χ2n) is 5.52. The van der Waals surface area contributed by atoms with Crippen LogP contribution in [0.1, 0.15) is 38.2 Å². The van der Waals surface area contributed by atoms with Gasteiger partial charge in [-0.1, -0.05) is 19.4 Å². The van der Waals surface area contributed by atoms with E-state index in [9.17, 15) is 18.7 Å². The van der Waals surface area contributed by atoms with Gasteiger partial charge in [0.2, 0.25) is 0 Å². The van der Waals surface area contributed by atoms with Crippen molar-refractivity contribution in [2.24, 2.45) is 11.3 Å². The summed E-state index contributed by atoms with van der Waals surface area (Å²) in [5, 5.41) is 9.49. The van der Waals surface area contributed by atoms with Crippen molar-refractivity contribution < 1.29 is 18.7 Å². The molecule has 2 nitrogen and oxygen atoms in total. The monoisotopic (exact) mass is 268 g/mol. The fraction of sp³-hybridized carbons (Fsp3) is 0.533. The lowest BCUT2D eigenvalue weighted by molar-refractivity contribution is -0.148. The number of carbonyl (C=O) groups is 1. The molecule has 2 atom stereocenters. The number of hydrogen-bond donors (Lipinski definition) is 1. The van der Waals surface area contributed by atoms with Crippen molar-refractivity contribution in [3.05, 3.63) is 35.4 Å². The molecule has 0 aromatic heterocycles. The largest absolute Gasteiger partial charge is 0.481 e. The molecule has 1 N–H and O–H groups in total. The molecule has 0 heterocycles. The maximum absolute atomic E-state index is 13.7. The molecule has 1 saturated carbocycles. The first-order valence-corrected chi connectivity index (χ1v) is 6.64. The van der Waals surface area contributed by atoms with E-state index in [0.29, 0.717) is 24.3 Å². The van der Waals surface area contributed by atoms with Crippen molar-refractivity contribution in [1.29, 1.82) is 0 Å². The minimum Gasteiger partial charge on any atom is -0.481 e. The van der Waals surface area contributed by atoms with E-state index >= 15 is 0 Å². The first-order valence-electron chi connectivity index (χ1n) is 6.64. The highest BCUT2D eigenvalue weighted by Crippen LogP contribution is 2.45. The fourth-order valence-corrected chi connectivity index (χ4v) is 3.05. The molecule has 0 radical (unpaired) electrons. The summed E-state index contributed by atoms with van der Waals surface area (Å²) in [5.41, 5.74) is -0.597. The molecular weight excluding hydrogens is 250 g/mol. The third kappa shape index (κ3) is 2.77. The first-order chi connectivity index (χ1) is 8.97. The quantitative estimate of drug-likeness (QED) is 0.902. The van der Waals surface area contributed by atoms with Gasteiger partial charge in [-0.25, -0.2) is 8.78 Å². The van der Waals surface area contributed by atoms with Crippen LogP contribution in [0.2, 0.25) is 0 Å². The molecule has 0 spiro atoms. The van der Waals surface area contributed by atoms with Gasteiger partial charge in [-0.15, -0.1) is 0 Å². The molecule has 0 aliphatic heterocycles. The summed E-state index contributed by atoms with van der Waals surface area (Å²) in [7, 11) is 0. The Balaban J connectivity index is 2.25. The van der Waals surface area contributed by atoms with E-state index in [1.54, 1.807) is 0 Å². The molecule has 1 aromatic carbocycles. The standard InChI is InChI=1S/C15H18F2O2/c1-2-10-5-6-15(8-10,14(18)19)9-11-3-4-12(16)7-13(11)17/h3-4,7,10H,2,5-6,8-9H2,1H3,(H,18,19). The van der Waals surface area contributed by atoms with Gasteiger partial charge in [-0.2, -0.15) is 0 Å². The van der Waals surface area contributed by atoms with Crippen molar-refractivity contribution in [2.75, 3.05) is 0 Å². The number of aliphatic carboxylic acids is 1. The van der Waals surface area contributed by atoms with Crippen LogP contribution >= 0.6 is 0 Å². The zero-order chi connectivity index (χ0) is 14.0. The van der Waals surface area contributed by atoms with Crippen molar-refractivity contribution in [3.8, 4) is 0 Å². The average molecular weight is 268 g/mol. The predicted molar refractivity (Wildman–Crippen MR) is 67.8 cm³/mol. The summed E-state index contributed by atoms with van der Waals surface area (Å²) in [4.78, 5) is 11.6. The lowest BCUT2D eigenvalue weighted by Gasteiger charge is -2.24. The maximum Gasteiger partial charge on any atom is 0.309 e. The van der Waals surface area contributed by atoms with Gasteiger partial charge in [0, 0.05) is 6.07 Å². The maximum atomic E-state index is 13.7. The Kier molecular flexibility index (Phi) is 3.88. The zero-order valence-electron chi connectivity index (χ0n) is 11.0. The molecule has 2 unspecified atom stereocenters. The number of halogens is 2. The number of rotatable bonds is 4. The van der Waals surface area contributed by atoms with Crippen LogP contribution in [0.25, 0.3) is 0 Å². The Morgan fingerprint density at radius 2 is 2.21 bits per heavy atom. The Bertz CT molecular complexity index is 487. The molecule has 1 fully saturated rings. The molecule has 0 bridgehead atoms. The van der Waals surface area contributed by atoms with Gasteiger partial charge in [0.1, 0.15) is 11.6 Å². The number of hydrogen-bond acceptors (Lipinski definition) is 1. The first kappa shape index (κ1) is 14.0. The van der Waals surface area contributed by atoms with Gasteiger partial charge in [-0.05, 0) is 43.2 Å². The summed E-state index contributed by atoms with van der Waals surface area (Å²) in [6.07, 6.45) is 3.10. The summed E-state index contributed by atoms with van der Waals surface area (Å²) >= 11 is 0. The third-order valence-corrected chi connectivity index (χ3v) is 4.29. The number of carboxylic acid groups (broad SMARTS) is 1. The molecule has 0 amide bonds. The second kappa shape index (κ2) is 5.27. The summed E-state index contributed by atoms with van der Waals surface area (Å²) in [6, 6.07) is 3.35. The van der Waals surface area contributed by atoms with Crippen molar-refractivity contribution in [3.63, 3.8) is 0 Å². The Morgan fingerprint density at radius 1 is 1.47 bits per heavy atom. The van der Waals surface area contributed by atoms with Crippen LogP contribution in [0.5, 0.6) is 0 Å². The lowest BCUT2D eigenvalue weighted by atomic mass is 9.79. The summed E-state index contributed by atoms with van der Waals surface area (Å²) in [5.74, 6) is -1.77. The van der Waals surface area contributed by atoms with Crippen LogP contribution in [0.3, 0.4) is 0 Å². The van der Waals surface area contributed by atoms with Gasteiger partial charge in [-0.3, -0.25) is 4.79 Å². The Hall–Kier alpha value is -1.45. The van der Waals surface area contributed by atoms with Crippen LogP contribution in [-0.4, -0.2) is 11.1 Å². The predicted octanol–water partition coefficient (Wildman–Crippen LogP) is 3.79. The zero-order valence-corrected chi connectivity index (χ0v) is 11.0. The average Bonchev–Trinajstić information content (AvgIpc) is 2.78. The minimum absolute atomic E-state index is 0.144. The highest BCUT2D eigenvalue weighted by atomic mass is 19.1. The molecule has 4 heteroatoms. The van der Waals surface area contributed by atoms with Crippen molar-refractivity contribution >= 4 is 5.97 Å². The highest BCUT2D eigenvalue weighted by Gasteiger charge is 2.45. The van der Waals surface area contributed by atoms with E-state index < -0.39 is 23.0 Å². The minimum atomic E-state index is -0.890. The van der Waals surface area contributed by atoms with E-state index in [2.05, 4.69) is 0 Å². The summed E-state index contributed by atoms with van der Waals surface area (Å²) in [6.45, 7) is 2.04. The van der Waals surface area contributed by atoms with Crippen LogP contribution in [0, 0.1) is 23.0 Å². The molecular formula is C15H18F2O2. The Morgan fingerprint density at radius 3 is 2.74 bits per heavy atom. The number of carboxylic acids is 1. The van der Waals surface area contributed by atoms with Gasteiger partial charge >= 0.3 is 5.97 Å². The smallest absolute Gasteiger partial charge is 0.309 e. The van der Waals surface area contributed by atoms with Crippen molar-refractivity contribution in [1.82, 2.24) is 0 Å². The molecule has 0 saturated heterocycles. The van der Waals surface area contributed by atoms with Crippen LogP contribution in [0.15, 0.2) is 18.2 Å². The van der Waals surface area contributed by atoms with E-state index in [-0.39, 0.29) is 6.42 Å². The topological polar surface area (TPSA) is 37.3 Å². The van der Waals surface area contributed by atoms with Crippen LogP contribution < -0.4 is 0 Å². The van der Waals surface area contributed by atoms with E-state index in [1.165, 1.54) is 12.1 Å². The third-order valence-electron chi connectivity index (χ3n) is 4.29. The Labute approximate surface area is 111 Å².